The Morgan fingerprint density at radius 2 is 2.00 bits per heavy atom. The maximum atomic E-state index is 12.5. The maximum absolute atomic E-state index is 12.5. The van der Waals surface area contributed by atoms with E-state index in [4.69, 9.17) is 0 Å². The number of pyridine rings is 1. The first kappa shape index (κ1) is 14.4. The third-order valence-corrected chi connectivity index (χ3v) is 3.97. The largest absolute Gasteiger partial charge is 0.278 e. The quantitative estimate of drug-likeness (QED) is 0.814. The highest BCUT2D eigenvalue weighted by Crippen LogP contribution is 2.25. The molecule has 2 aromatic rings. The Morgan fingerprint density at radius 1 is 1.18 bits per heavy atom. The third kappa shape index (κ3) is 3.06. The number of carbonyl (C=O) groups excluding carboxylic acids is 2. The van der Waals surface area contributed by atoms with Gasteiger partial charge in [-0.25, -0.2) is 0 Å². The van der Waals surface area contributed by atoms with Crippen LogP contribution in [0.3, 0.4) is 0 Å². The van der Waals surface area contributed by atoms with Crippen LogP contribution in [-0.4, -0.2) is 21.7 Å². The first-order valence-corrected chi connectivity index (χ1v) is 7.42. The fourth-order valence-electron chi connectivity index (χ4n) is 2.88. The number of hydrogen-bond donors (Lipinski definition) is 0. The number of amides is 2. The van der Waals surface area contributed by atoms with Crippen LogP contribution in [-0.2, 0) is 22.6 Å². The average molecular weight is 294 g/mol. The molecule has 0 N–H and O–H groups in total. The molecule has 4 heteroatoms. The molecule has 2 heterocycles. The molecule has 1 unspecified atom stereocenters. The molecule has 1 aliphatic heterocycles. The molecule has 0 aliphatic carbocycles. The van der Waals surface area contributed by atoms with Gasteiger partial charge < -0.3 is 0 Å². The smallest absolute Gasteiger partial charge is 0.233 e. The van der Waals surface area contributed by atoms with Crippen LogP contribution >= 0.6 is 0 Å². The lowest BCUT2D eigenvalue weighted by Crippen LogP contribution is -2.30. The predicted molar refractivity (Wildman–Crippen MR) is 82.8 cm³/mol. The summed E-state index contributed by atoms with van der Waals surface area (Å²) in [4.78, 5) is 30.0. The standard InChI is InChI=1S/C18H18N2O2/c1-13-4-2-5-14(8-13)9-16-10-17(21)20(18(16)22)12-15-6-3-7-19-11-15/h2-8,11,16H,9-10,12H2,1H3. The Labute approximate surface area is 129 Å². The minimum atomic E-state index is -0.244. The van der Waals surface area contributed by atoms with Gasteiger partial charge in [0.25, 0.3) is 0 Å². The van der Waals surface area contributed by atoms with Crippen LogP contribution in [0.15, 0.2) is 48.8 Å². The van der Waals surface area contributed by atoms with E-state index in [0.717, 1.165) is 11.1 Å². The van der Waals surface area contributed by atoms with Crippen molar-refractivity contribution in [2.45, 2.75) is 26.3 Å². The van der Waals surface area contributed by atoms with Gasteiger partial charge in [0.1, 0.15) is 0 Å². The van der Waals surface area contributed by atoms with Gasteiger partial charge >= 0.3 is 0 Å². The second-order valence-corrected chi connectivity index (χ2v) is 5.77. The molecular weight excluding hydrogens is 276 g/mol. The van der Waals surface area contributed by atoms with Crippen LogP contribution in [0.1, 0.15) is 23.1 Å². The molecule has 2 amide bonds. The SMILES string of the molecule is Cc1cccc(CC2CC(=O)N(Cc3cccnc3)C2=O)c1. The Balaban J connectivity index is 1.71. The average Bonchev–Trinajstić information content (AvgIpc) is 2.76. The molecule has 1 aromatic carbocycles. The van der Waals surface area contributed by atoms with E-state index in [1.165, 1.54) is 10.5 Å². The molecule has 112 valence electrons. The second kappa shape index (κ2) is 6.10. The van der Waals surface area contributed by atoms with Gasteiger partial charge in [-0.3, -0.25) is 19.5 Å². The molecule has 1 aliphatic rings. The van der Waals surface area contributed by atoms with Crippen molar-refractivity contribution in [1.29, 1.82) is 0 Å². The zero-order valence-electron chi connectivity index (χ0n) is 12.5. The fourth-order valence-corrected chi connectivity index (χ4v) is 2.88. The highest BCUT2D eigenvalue weighted by atomic mass is 16.2. The van der Waals surface area contributed by atoms with Gasteiger partial charge in [-0.2, -0.15) is 0 Å². The number of nitrogens with zero attached hydrogens (tertiary/aromatic N) is 2. The fraction of sp³-hybridized carbons (Fsp3) is 0.278. The summed E-state index contributed by atoms with van der Waals surface area (Å²) in [5.41, 5.74) is 3.15. The van der Waals surface area contributed by atoms with Crippen molar-refractivity contribution in [3.8, 4) is 0 Å². The molecule has 1 aromatic heterocycles. The minimum absolute atomic E-state index is 0.0737. The molecule has 0 radical (unpaired) electrons. The number of imide groups is 1. The number of aryl methyl sites for hydroxylation is 1. The maximum Gasteiger partial charge on any atom is 0.233 e. The number of carbonyl (C=O) groups is 2. The van der Waals surface area contributed by atoms with Gasteiger partial charge in [-0.05, 0) is 30.5 Å². The molecule has 0 bridgehead atoms. The van der Waals surface area contributed by atoms with Crippen molar-refractivity contribution >= 4 is 11.8 Å². The molecule has 0 saturated carbocycles. The number of aromatic nitrogens is 1. The van der Waals surface area contributed by atoms with E-state index in [1.807, 2.05) is 37.3 Å². The van der Waals surface area contributed by atoms with E-state index in [1.54, 1.807) is 12.4 Å². The van der Waals surface area contributed by atoms with Gasteiger partial charge in [0.15, 0.2) is 0 Å². The summed E-state index contributed by atoms with van der Waals surface area (Å²) in [5.74, 6) is -0.409. The second-order valence-electron chi connectivity index (χ2n) is 5.77. The van der Waals surface area contributed by atoms with Crippen LogP contribution < -0.4 is 0 Å². The topological polar surface area (TPSA) is 50.3 Å². The molecule has 1 saturated heterocycles. The van der Waals surface area contributed by atoms with Crippen LogP contribution in [0, 0.1) is 12.8 Å². The van der Waals surface area contributed by atoms with E-state index in [0.29, 0.717) is 19.4 Å². The van der Waals surface area contributed by atoms with E-state index in [2.05, 4.69) is 11.1 Å². The molecule has 3 rings (SSSR count). The van der Waals surface area contributed by atoms with Crippen molar-refractivity contribution in [2.75, 3.05) is 0 Å². The summed E-state index contributed by atoms with van der Waals surface area (Å²) in [5, 5.41) is 0. The molecule has 0 spiro atoms. The number of rotatable bonds is 4. The van der Waals surface area contributed by atoms with Crippen LogP contribution in [0.2, 0.25) is 0 Å². The summed E-state index contributed by atoms with van der Waals surface area (Å²) in [6.07, 6.45) is 4.29. The van der Waals surface area contributed by atoms with Crippen molar-refractivity contribution in [3.63, 3.8) is 0 Å². The van der Waals surface area contributed by atoms with Crippen molar-refractivity contribution in [1.82, 2.24) is 9.88 Å². The predicted octanol–water partition coefficient (Wildman–Crippen LogP) is 2.51. The minimum Gasteiger partial charge on any atom is -0.278 e. The van der Waals surface area contributed by atoms with Gasteiger partial charge in [0.2, 0.25) is 11.8 Å². The number of hydrogen-bond acceptors (Lipinski definition) is 3. The Morgan fingerprint density at radius 3 is 2.73 bits per heavy atom. The lowest BCUT2D eigenvalue weighted by Gasteiger charge is -2.15. The lowest BCUT2D eigenvalue weighted by atomic mass is 9.97. The van der Waals surface area contributed by atoms with Crippen LogP contribution in [0.5, 0.6) is 0 Å². The Bertz CT molecular complexity index is 697. The van der Waals surface area contributed by atoms with E-state index in [9.17, 15) is 9.59 Å². The van der Waals surface area contributed by atoms with Gasteiger partial charge in [-0.1, -0.05) is 35.9 Å². The van der Waals surface area contributed by atoms with Gasteiger partial charge in [0, 0.05) is 18.8 Å². The van der Waals surface area contributed by atoms with E-state index in [-0.39, 0.29) is 17.7 Å². The molecule has 1 atom stereocenters. The summed E-state index contributed by atoms with van der Waals surface area (Å²) in [6.45, 7) is 2.34. The van der Waals surface area contributed by atoms with Crippen LogP contribution in [0.25, 0.3) is 0 Å². The van der Waals surface area contributed by atoms with Crippen molar-refractivity contribution in [2.24, 2.45) is 5.92 Å². The van der Waals surface area contributed by atoms with Gasteiger partial charge in [0.05, 0.1) is 12.5 Å². The summed E-state index contributed by atoms with van der Waals surface area (Å²) < 4.78 is 0. The van der Waals surface area contributed by atoms with Crippen molar-refractivity contribution in [3.05, 3.63) is 65.5 Å². The summed E-state index contributed by atoms with van der Waals surface area (Å²) in [6, 6.07) is 11.8. The zero-order chi connectivity index (χ0) is 15.5. The van der Waals surface area contributed by atoms with Gasteiger partial charge in [-0.15, -0.1) is 0 Å². The normalized spacial score (nSPS) is 18.0. The van der Waals surface area contributed by atoms with E-state index < -0.39 is 0 Å². The first-order chi connectivity index (χ1) is 10.6. The van der Waals surface area contributed by atoms with E-state index >= 15 is 0 Å². The highest BCUT2D eigenvalue weighted by Gasteiger charge is 2.38. The first-order valence-electron chi connectivity index (χ1n) is 7.42. The Kier molecular flexibility index (Phi) is 4.00. The third-order valence-electron chi connectivity index (χ3n) is 3.97. The lowest BCUT2D eigenvalue weighted by molar-refractivity contribution is -0.140. The monoisotopic (exact) mass is 294 g/mol. The highest BCUT2D eigenvalue weighted by molar-refractivity contribution is 6.03. The van der Waals surface area contributed by atoms with Crippen molar-refractivity contribution < 1.29 is 9.59 Å². The zero-order valence-corrected chi connectivity index (χ0v) is 12.5. The molecule has 4 nitrogen and oxygen atoms in total. The summed E-state index contributed by atoms with van der Waals surface area (Å²) in [7, 11) is 0. The number of likely N-dealkylation sites (tertiary alicyclic amines) is 1. The molecule has 22 heavy (non-hydrogen) atoms. The Hall–Kier alpha value is -2.49. The van der Waals surface area contributed by atoms with Crippen LogP contribution in [0.4, 0.5) is 0 Å². The molecule has 1 fully saturated rings. The summed E-state index contributed by atoms with van der Waals surface area (Å²) >= 11 is 0. The molecular formula is C18H18N2O2. The number of benzene rings is 1.